The summed E-state index contributed by atoms with van der Waals surface area (Å²) in [5.74, 6) is 0.772. The first kappa shape index (κ1) is 11.6. The summed E-state index contributed by atoms with van der Waals surface area (Å²) in [6.45, 7) is 2.50. The van der Waals surface area contributed by atoms with E-state index in [0.717, 1.165) is 5.92 Å². The molecule has 2 nitrogen and oxygen atoms in total. The van der Waals surface area contributed by atoms with Gasteiger partial charge in [-0.3, -0.25) is 0 Å². The highest BCUT2D eigenvalue weighted by molar-refractivity contribution is 9.11. The van der Waals surface area contributed by atoms with Crippen LogP contribution in [0.15, 0.2) is 15.9 Å². The molecule has 0 saturated heterocycles. The third kappa shape index (κ3) is 3.28. The highest BCUT2D eigenvalue weighted by atomic mass is 79.9. The lowest BCUT2D eigenvalue weighted by atomic mass is 10.1. The van der Waals surface area contributed by atoms with Gasteiger partial charge < -0.3 is 10.4 Å². The maximum atomic E-state index is 9.29. The lowest BCUT2D eigenvalue weighted by molar-refractivity contribution is 0.184. The Morgan fingerprint density at radius 2 is 2.33 bits per heavy atom. The molecule has 0 amide bonds. The molecule has 15 heavy (non-hydrogen) atoms. The molecule has 1 fully saturated rings. The standard InChI is InChI=1S/C11H16BrNOS/c1-7(14)6-13-11(8-2-3-8)9-4-5-10(12)15-9/h4-5,7-8,11,13-14H,2-3,6H2,1H3/t7-,11-/m1/s1. The Hall–Kier alpha value is 0.1000. The maximum absolute atomic E-state index is 9.29. The fourth-order valence-corrected chi connectivity index (χ4v) is 3.32. The van der Waals surface area contributed by atoms with Crippen molar-refractivity contribution in [2.45, 2.75) is 31.9 Å². The number of thiophene rings is 1. The SMILES string of the molecule is C[C@@H](O)CN[C@@H](c1ccc(Br)s1)C1CC1. The van der Waals surface area contributed by atoms with Crippen molar-refractivity contribution in [2.24, 2.45) is 5.92 Å². The number of rotatable bonds is 5. The second-order valence-corrected chi connectivity index (χ2v) is 6.71. The van der Waals surface area contributed by atoms with Crippen molar-refractivity contribution in [1.82, 2.24) is 5.32 Å². The summed E-state index contributed by atoms with van der Waals surface area (Å²) >= 11 is 5.28. The van der Waals surface area contributed by atoms with Crippen LogP contribution in [0.4, 0.5) is 0 Å². The van der Waals surface area contributed by atoms with Crippen LogP contribution in [0.2, 0.25) is 0 Å². The molecule has 2 N–H and O–H groups in total. The molecule has 1 heterocycles. The minimum atomic E-state index is -0.269. The molecular formula is C11H16BrNOS. The Morgan fingerprint density at radius 1 is 1.60 bits per heavy atom. The van der Waals surface area contributed by atoms with E-state index in [9.17, 15) is 5.11 Å². The smallest absolute Gasteiger partial charge is 0.0701 e. The first-order valence-electron chi connectivity index (χ1n) is 5.33. The van der Waals surface area contributed by atoms with Crippen LogP contribution in [0.5, 0.6) is 0 Å². The van der Waals surface area contributed by atoms with Gasteiger partial charge in [0, 0.05) is 17.5 Å². The second kappa shape index (κ2) is 4.95. The van der Waals surface area contributed by atoms with E-state index in [1.807, 2.05) is 6.92 Å². The summed E-state index contributed by atoms with van der Waals surface area (Å²) in [6, 6.07) is 4.71. The Kier molecular flexibility index (Phi) is 3.83. The van der Waals surface area contributed by atoms with Gasteiger partial charge in [-0.15, -0.1) is 11.3 Å². The van der Waals surface area contributed by atoms with E-state index < -0.39 is 0 Å². The van der Waals surface area contributed by atoms with Crippen LogP contribution >= 0.6 is 27.3 Å². The number of hydrogen-bond donors (Lipinski definition) is 2. The minimum Gasteiger partial charge on any atom is -0.392 e. The summed E-state index contributed by atoms with van der Waals surface area (Å²) < 4.78 is 1.18. The normalized spacial score (nSPS) is 20.2. The summed E-state index contributed by atoms with van der Waals surface area (Å²) in [7, 11) is 0. The molecule has 2 atom stereocenters. The summed E-state index contributed by atoms with van der Waals surface area (Å²) in [5.41, 5.74) is 0. The van der Waals surface area contributed by atoms with Crippen LogP contribution in [-0.2, 0) is 0 Å². The fourth-order valence-electron chi connectivity index (χ4n) is 1.72. The molecule has 1 aromatic heterocycles. The van der Waals surface area contributed by atoms with E-state index in [-0.39, 0.29) is 6.10 Å². The van der Waals surface area contributed by atoms with Crippen LogP contribution in [0.25, 0.3) is 0 Å². The zero-order valence-electron chi connectivity index (χ0n) is 8.74. The van der Waals surface area contributed by atoms with Gasteiger partial charge in [0.25, 0.3) is 0 Å². The second-order valence-electron chi connectivity index (χ2n) is 4.21. The molecule has 1 aliphatic rings. The van der Waals surface area contributed by atoms with Gasteiger partial charge >= 0.3 is 0 Å². The van der Waals surface area contributed by atoms with Crippen molar-refractivity contribution in [1.29, 1.82) is 0 Å². The van der Waals surface area contributed by atoms with Gasteiger partial charge in [-0.1, -0.05) is 0 Å². The molecule has 1 aliphatic carbocycles. The van der Waals surface area contributed by atoms with Gasteiger partial charge in [-0.25, -0.2) is 0 Å². The van der Waals surface area contributed by atoms with Crippen LogP contribution in [0.3, 0.4) is 0 Å². The third-order valence-corrected chi connectivity index (χ3v) is 4.33. The quantitative estimate of drug-likeness (QED) is 0.874. The average molecular weight is 290 g/mol. The summed E-state index contributed by atoms with van der Waals surface area (Å²) in [6.07, 6.45) is 2.36. The number of nitrogens with one attached hydrogen (secondary N) is 1. The molecule has 0 spiro atoms. The first-order chi connectivity index (χ1) is 7.16. The number of aliphatic hydroxyl groups excluding tert-OH is 1. The molecule has 0 aromatic carbocycles. The molecule has 0 radical (unpaired) electrons. The van der Waals surface area contributed by atoms with Crippen LogP contribution in [0, 0.1) is 5.92 Å². The number of halogens is 1. The highest BCUT2D eigenvalue weighted by Crippen LogP contribution is 2.43. The Labute approximate surface area is 103 Å². The van der Waals surface area contributed by atoms with Gasteiger partial charge in [0.15, 0.2) is 0 Å². The predicted octanol–water partition coefficient (Wildman–Crippen LogP) is 2.93. The predicted molar refractivity (Wildman–Crippen MR) is 67.2 cm³/mol. The number of hydrogen-bond acceptors (Lipinski definition) is 3. The molecule has 2 rings (SSSR count). The van der Waals surface area contributed by atoms with Crippen molar-refractivity contribution in [3.63, 3.8) is 0 Å². The van der Waals surface area contributed by atoms with Crippen LogP contribution in [-0.4, -0.2) is 17.8 Å². The van der Waals surface area contributed by atoms with E-state index in [1.165, 1.54) is 21.5 Å². The lowest BCUT2D eigenvalue weighted by Gasteiger charge is -2.17. The molecule has 1 aromatic rings. The Morgan fingerprint density at radius 3 is 2.80 bits per heavy atom. The van der Waals surface area contributed by atoms with E-state index in [0.29, 0.717) is 12.6 Å². The molecule has 0 unspecified atom stereocenters. The Balaban J connectivity index is 1.99. The van der Waals surface area contributed by atoms with Gasteiger partial charge in [-0.05, 0) is 53.7 Å². The van der Waals surface area contributed by atoms with Crippen molar-refractivity contribution in [2.75, 3.05) is 6.54 Å². The largest absolute Gasteiger partial charge is 0.392 e. The van der Waals surface area contributed by atoms with Crippen molar-refractivity contribution in [3.8, 4) is 0 Å². The molecule has 84 valence electrons. The van der Waals surface area contributed by atoms with Gasteiger partial charge in [0.2, 0.25) is 0 Å². The summed E-state index contributed by atoms with van der Waals surface area (Å²) in [5, 5.41) is 12.7. The third-order valence-electron chi connectivity index (χ3n) is 2.63. The zero-order chi connectivity index (χ0) is 10.8. The molecule has 4 heteroatoms. The van der Waals surface area contributed by atoms with Crippen LogP contribution in [0.1, 0.15) is 30.7 Å². The van der Waals surface area contributed by atoms with Gasteiger partial charge in [-0.2, -0.15) is 0 Å². The van der Waals surface area contributed by atoms with Crippen molar-refractivity contribution < 1.29 is 5.11 Å². The fraction of sp³-hybridized carbons (Fsp3) is 0.636. The monoisotopic (exact) mass is 289 g/mol. The van der Waals surface area contributed by atoms with Crippen LogP contribution < -0.4 is 5.32 Å². The van der Waals surface area contributed by atoms with E-state index in [2.05, 4.69) is 33.4 Å². The topological polar surface area (TPSA) is 32.3 Å². The number of aliphatic hydroxyl groups is 1. The lowest BCUT2D eigenvalue weighted by Crippen LogP contribution is -2.29. The average Bonchev–Trinajstić information content (AvgIpc) is 2.90. The van der Waals surface area contributed by atoms with E-state index in [1.54, 1.807) is 11.3 Å². The first-order valence-corrected chi connectivity index (χ1v) is 6.94. The molecule has 1 saturated carbocycles. The highest BCUT2D eigenvalue weighted by Gasteiger charge is 2.32. The van der Waals surface area contributed by atoms with Crippen molar-refractivity contribution >= 4 is 27.3 Å². The molecule has 0 bridgehead atoms. The van der Waals surface area contributed by atoms with E-state index >= 15 is 0 Å². The zero-order valence-corrected chi connectivity index (χ0v) is 11.1. The molecule has 0 aliphatic heterocycles. The van der Waals surface area contributed by atoms with E-state index in [4.69, 9.17) is 0 Å². The maximum Gasteiger partial charge on any atom is 0.0701 e. The minimum absolute atomic E-state index is 0.269. The van der Waals surface area contributed by atoms with Gasteiger partial charge in [0.05, 0.1) is 9.89 Å². The van der Waals surface area contributed by atoms with Gasteiger partial charge in [0.1, 0.15) is 0 Å². The Bertz CT molecular complexity index is 322. The molecular weight excluding hydrogens is 274 g/mol. The summed E-state index contributed by atoms with van der Waals surface area (Å²) in [4.78, 5) is 1.38. The van der Waals surface area contributed by atoms with Crippen molar-refractivity contribution in [3.05, 3.63) is 20.8 Å².